The molecule has 1 aromatic heterocycles. The maximum absolute atomic E-state index is 6.47. The fourth-order valence-electron chi connectivity index (χ4n) is 3.39. The molecule has 2 unspecified atom stereocenters. The van der Waals surface area contributed by atoms with Gasteiger partial charge < -0.3 is 10.3 Å². The summed E-state index contributed by atoms with van der Waals surface area (Å²) in [6.07, 6.45) is 6.00. The molecule has 1 aromatic rings. The first-order valence-electron chi connectivity index (χ1n) is 7.50. The molecule has 19 heavy (non-hydrogen) atoms. The molecule has 4 rings (SSSR count). The summed E-state index contributed by atoms with van der Waals surface area (Å²) in [5, 5.41) is 0. The highest BCUT2D eigenvalue weighted by Gasteiger charge is 2.35. The quantitative estimate of drug-likeness (QED) is 0.822. The second-order valence-electron chi connectivity index (χ2n) is 5.81. The number of hydrogen-bond acceptors (Lipinski definition) is 4. The topological polar surface area (TPSA) is 50.3 Å². The molecule has 4 heterocycles. The molecule has 0 amide bonds. The molecule has 0 radical (unpaired) electrons. The number of hydrogen-bond donors (Lipinski definition) is 1. The van der Waals surface area contributed by atoms with Crippen LogP contribution in [0, 0.1) is 0 Å². The van der Waals surface area contributed by atoms with Gasteiger partial charge in [-0.15, -0.1) is 0 Å². The number of aromatic nitrogens is 2. The summed E-state index contributed by atoms with van der Waals surface area (Å²) in [6.45, 7) is 9.17. The Bertz CT molecular complexity index is 408. The largest absolute Gasteiger partial charge is 0.335 e. The summed E-state index contributed by atoms with van der Waals surface area (Å²) in [6, 6.07) is 0.704. The molecule has 2 atom stereocenters. The van der Waals surface area contributed by atoms with E-state index in [0.717, 1.165) is 31.8 Å². The average molecular weight is 263 g/mol. The van der Waals surface area contributed by atoms with Crippen molar-refractivity contribution in [3.63, 3.8) is 0 Å². The zero-order chi connectivity index (χ0) is 13.2. The summed E-state index contributed by atoms with van der Waals surface area (Å²) < 4.78 is 2.25. The predicted octanol–water partition coefficient (Wildman–Crippen LogP) is 0.163. The van der Waals surface area contributed by atoms with Gasteiger partial charge in [-0.3, -0.25) is 9.80 Å². The Hall–Kier alpha value is -0.910. The molecule has 3 fully saturated rings. The van der Waals surface area contributed by atoms with Crippen molar-refractivity contribution in [1.82, 2.24) is 19.4 Å². The third-order valence-corrected chi connectivity index (χ3v) is 4.50. The van der Waals surface area contributed by atoms with Crippen LogP contribution in [0.5, 0.6) is 0 Å². The number of nitrogens with two attached hydrogens (primary N) is 1. The van der Waals surface area contributed by atoms with Gasteiger partial charge in [0.05, 0.1) is 0 Å². The van der Waals surface area contributed by atoms with Crippen molar-refractivity contribution in [2.45, 2.75) is 38.4 Å². The van der Waals surface area contributed by atoms with Gasteiger partial charge in [0.15, 0.2) is 0 Å². The Kier molecular flexibility index (Phi) is 3.86. The molecular formula is C14H25N5. The van der Waals surface area contributed by atoms with Crippen LogP contribution in [-0.2, 0) is 13.0 Å². The number of nitrogens with zero attached hydrogens (tertiary/aromatic N) is 4. The van der Waals surface area contributed by atoms with Gasteiger partial charge in [-0.05, 0) is 6.42 Å². The van der Waals surface area contributed by atoms with Gasteiger partial charge in [-0.1, -0.05) is 6.92 Å². The fraction of sp³-hybridized carbons (Fsp3) is 0.786. The molecule has 3 saturated heterocycles. The highest BCUT2D eigenvalue weighted by atomic mass is 15.3. The summed E-state index contributed by atoms with van der Waals surface area (Å²) in [4.78, 5) is 9.59. The van der Waals surface area contributed by atoms with E-state index in [1.807, 2.05) is 6.20 Å². The average Bonchev–Trinajstić information content (AvgIpc) is 2.88. The summed E-state index contributed by atoms with van der Waals surface area (Å²) in [5.41, 5.74) is 6.47. The first kappa shape index (κ1) is 13.1. The maximum atomic E-state index is 6.47. The van der Waals surface area contributed by atoms with E-state index in [1.165, 1.54) is 26.2 Å². The van der Waals surface area contributed by atoms with Gasteiger partial charge in [0.2, 0.25) is 0 Å². The number of imidazole rings is 1. The Morgan fingerprint density at radius 2 is 2.16 bits per heavy atom. The summed E-state index contributed by atoms with van der Waals surface area (Å²) in [5.74, 6) is 1.15. The predicted molar refractivity (Wildman–Crippen MR) is 76.0 cm³/mol. The third kappa shape index (κ3) is 2.68. The van der Waals surface area contributed by atoms with E-state index in [2.05, 4.69) is 32.5 Å². The van der Waals surface area contributed by atoms with Gasteiger partial charge >= 0.3 is 0 Å². The lowest BCUT2D eigenvalue weighted by Crippen LogP contribution is -2.66. The molecule has 3 aliphatic rings. The zero-order valence-corrected chi connectivity index (χ0v) is 11.8. The van der Waals surface area contributed by atoms with Crippen LogP contribution < -0.4 is 5.73 Å². The molecule has 5 heteroatoms. The highest BCUT2D eigenvalue weighted by molar-refractivity contribution is 5.01. The number of aryl methyl sites for hydroxylation is 1. The first-order valence-corrected chi connectivity index (χ1v) is 7.50. The number of fused-ring (bicyclic) bond motifs is 3. The SMILES string of the molecule is CCCn1ccnc1CC(N)C1CN2CCN1CC2. The van der Waals surface area contributed by atoms with E-state index in [1.54, 1.807) is 0 Å². The molecule has 0 spiro atoms. The monoisotopic (exact) mass is 263 g/mol. The second kappa shape index (κ2) is 5.61. The van der Waals surface area contributed by atoms with E-state index in [-0.39, 0.29) is 6.04 Å². The van der Waals surface area contributed by atoms with Crippen molar-refractivity contribution in [2.24, 2.45) is 5.73 Å². The Morgan fingerprint density at radius 3 is 2.79 bits per heavy atom. The van der Waals surface area contributed by atoms with E-state index in [0.29, 0.717) is 6.04 Å². The van der Waals surface area contributed by atoms with Crippen LogP contribution in [0.3, 0.4) is 0 Å². The van der Waals surface area contributed by atoms with Gasteiger partial charge in [-0.25, -0.2) is 4.98 Å². The molecule has 5 nitrogen and oxygen atoms in total. The van der Waals surface area contributed by atoms with Crippen LogP contribution in [0.25, 0.3) is 0 Å². The molecule has 106 valence electrons. The van der Waals surface area contributed by atoms with Crippen molar-refractivity contribution < 1.29 is 0 Å². The minimum atomic E-state index is 0.195. The number of rotatable bonds is 5. The lowest BCUT2D eigenvalue weighted by atomic mass is 9.98. The first-order chi connectivity index (χ1) is 9.28. The minimum absolute atomic E-state index is 0.195. The van der Waals surface area contributed by atoms with Crippen molar-refractivity contribution in [2.75, 3.05) is 32.7 Å². The summed E-state index contributed by atoms with van der Waals surface area (Å²) in [7, 11) is 0. The highest BCUT2D eigenvalue weighted by Crippen LogP contribution is 2.19. The molecule has 0 saturated carbocycles. The molecule has 3 aliphatic heterocycles. The van der Waals surface area contributed by atoms with Gasteiger partial charge in [-0.2, -0.15) is 0 Å². The fourth-order valence-corrected chi connectivity index (χ4v) is 3.39. The van der Waals surface area contributed by atoms with Gasteiger partial charge in [0.1, 0.15) is 5.82 Å². The minimum Gasteiger partial charge on any atom is -0.335 e. The van der Waals surface area contributed by atoms with Crippen LogP contribution in [0.4, 0.5) is 0 Å². The van der Waals surface area contributed by atoms with E-state index >= 15 is 0 Å². The Morgan fingerprint density at radius 1 is 1.37 bits per heavy atom. The van der Waals surface area contributed by atoms with Crippen LogP contribution in [0.2, 0.25) is 0 Å². The lowest BCUT2D eigenvalue weighted by molar-refractivity contribution is 0.00225. The third-order valence-electron chi connectivity index (χ3n) is 4.50. The van der Waals surface area contributed by atoms with E-state index in [4.69, 9.17) is 5.73 Å². The van der Waals surface area contributed by atoms with Crippen molar-refractivity contribution in [1.29, 1.82) is 0 Å². The van der Waals surface area contributed by atoms with Crippen LogP contribution in [0.1, 0.15) is 19.2 Å². The molecule has 0 aliphatic carbocycles. The maximum Gasteiger partial charge on any atom is 0.110 e. The normalized spacial score (nSPS) is 31.6. The molecular weight excluding hydrogens is 238 g/mol. The second-order valence-corrected chi connectivity index (χ2v) is 5.81. The molecule has 2 N–H and O–H groups in total. The van der Waals surface area contributed by atoms with E-state index < -0.39 is 0 Å². The standard InChI is InChI=1S/C14H25N5/c1-2-4-19-5-3-16-14(19)10-12(15)13-11-17-6-8-18(13)9-7-17/h3,5,12-13H,2,4,6-11,15H2,1H3. The van der Waals surface area contributed by atoms with Crippen molar-refractivity contribution in [3.8, 4) is 0 Å². The smallest absolute Gasteiger partial charge is 0.110 e. The number of piperazine rings is 3. The van der Waals surface area contributed by atoms with Crippen LogP contribution >= 0.6 is 0 Å². The van der Waals surface area contributed by atoms with Crippen molar-refractivity contribution >= 4 is 0 Å². The van der Waals surface area contributed by atoms with Crippen molar-refractivity contribution in [3.05, 3.63) is 18.2 Å². The Balaban J connectivity index is 1.64. The Labute approximate surface area is 115 Å². The van der Waals surface area contributed by atoms with Crippen LogP contribution in [0.15, 0.2) is 12.4 Å². The molecule has 2 bridgehead atoms. The van der Waals surface area contributed by atoms with Gasteiger partial charge in [0.25, 0.3) is 0 Å². The van der Waals surface area contributed by atoms with E-state index in [9.17, 15) is 0 Å². The zero-order valence-electron chi connectivity index (χ0n) is 11.8. The van der Waals surface area contributed by atoms with Crippen LogP contribution in [-0.4, -0.2) is 64.2 Å². The lowest BCUT2D eigenvalue weighted by Gasteiger charge is -2.49. The van der Waals surface area contributed by atoms with Gasteiger partial charge in [0, 0.05) is 70.2 Å². The summed E-state index contributed by atoms with van der Waals surface area (Å²) >= 11 is 0. The molecule has 0 aromatic carbocycles.